The normalized spacial score (nSPS) is 11.5. The molecule has 0 atom stereocenters. The number of anilines is 1. The number of rotatable bonds is 7. The molecule has 102 valence electrons. The van der Waals surface area contributed by atoms with E-state index in [1.807, 2.05) is 6.92 Å². The fourth-order valence-electron chi connectivity index (χ4n) is 1.30. The quantitative estimate of drug-likeness (QED) is 0.750. The van der Waals surface area contributed by atoms with Gasteiger partial charge in [-0.2, -0.15) is 0 Å². The molecule has 0 heterocycles. The summed E-state index contributed by atoms with van der Waals surface area (Å²) in [5, 5.41) is 2.98. The summed E-state index contributed by atoms with van der Waals surface area (Å²) in [5.41, 5.74) is -0.0336. The lowest BCUT2D eigenvalue weighted by molar-refractivity contribution is 0.593. The molecule has 1 aromatic rings. The van der Waals surface area contributed by atoms with Crippen LogP contribution in [0.25, 0.3) is 0 Å². The van der Waals surface area contributed by atoms with Crippen LogP contribution in [-0.2, 0) is 10.0 Å². The minimum Gasteiger partial charge on any atom is -0.316 e. The summed E-state index contributed by atoms with van der Waals surface area (Å²) in [6.07, 6.45) is 0.939. The van der Waals surface area contributed by atoms with Gasteiger partial charge >= 0.3 is 0 Å². The van der Waals surface area contributed by atoms with E-state index in [0.29, 0.717) is 11.0 Å². The lowest BCUT2D eigenvalue weighted by atomic mass is 10.3. The molecule has 0 fully saturated rings. The fraction of sp³-hybridized carbons (Fsp3) is 0.455. The Morgan fingerprint density at radius 1 is 1.33 bits per heavy atom. The standard InChI is InChI=1S/C11H16BrFN2O2S/c1-2-5-14-6-7-18(16,17)15-11-4-3-9(12)8-10(11)13/h3-4,8,14-15H,2,5-7H2,1H3. The van der Waals surface area contributed by atoms with Gasteiger partial charge in [0.15, 0.2) is 0 Å². The molecule has 0 unspecified atom stereocenters. The van der Waals surface area contributed by atoms with Crippen molar-refractivity contribution in [1.82, 2.24) is 5.32 Å². The van der Waals surface area contributed by atoms with E-state index in [9.17, 15) is 12.8 Å². The van der Waals surface area contributed by atoms with E-state index in [1.54, 1.807) is 6.07 Å². The topological polar surface area (TPSA) is 58.2 Å². The molecule has 4 nitrogen and oxygen atoms in total. The third-order valence-electron chi connectivity index (χ3n) is 2.17. The Morgan fingerprint density at radius 3 is 2.67 bits per heavy atom. The Kier molecular flexibility index (Phi) is 6.04. The van der Waals surface area contributed by atoms with Gasteiger partial charge in [0.05, 0.1) is 11.4 Å². The summed E-state index contributed by atoms with van der Waals surface area (Å²) in [7, 11) is -3.52. The van der Waals surface area contributed by atoms with Gasteiger partial charge in [0.25, 0.3) is 0 Å². The Morgan fingerprint density at radius 2 is 2.06 bits per heavy atom. The van der Waals surface area contributed by atoms with Crippen molar-refractivity contribution < 1.29 is 12.8 Å². The Hall–Kier alpha value is -0.660. The maximum absolute atomic E-state index is 13.5. The van der Waals surface area contributed by atoms with E-state index in [-0.39, 0.29) is 11.4 Å². The first-order chi connectivity index (χ1) is 8.44. The third-order valence-corrected chi connectivity index (χ3v) is 3.94. The molecule has 0 radical (unpaired) electrons. The van der Waals surface area contributed by atoms with Gasteiger partial charge in [-0.3, -0.25) is 4.72 Å². The van der Waals surface area contributed by atoms with Crippen LogP contribution in [0, 0.1) is 5.82 Å². The number of sulfonamides is 1. The molecule has 0 saturated carbocycles. The lowest BCUT2D eigenvalue weighted by Crippen LogP contribution is -2.27. The molecule has 7 heteroatoms. The summed E-state index contributed by atoms with van der Waals surface area (Å²) in [6.45, 7) is 3.11. The van der Waals surface area contributed by atoms with Crippen LogP contribution in [0.3, 0.4) is 0 Å². The summed E-state index contributed by atoms with van der Waals surface area (Å²) in [4.78, 5) is 0. The average Bonchev–Trinajstić information content (AvgIpc) is 2.28. The predicted molar refractivity (Wildman–Crippen MR) is 74.7 cm³/mol. The maximum Gasteiger partial charge on any atom is 0.234 e. The molecule has 1 rings (SSSR count). The largest absolute Gasteiger partial charge is 0.316 e. The molecular formula is C11H16BrFN2O2S. The van der Waals surface area contributed by atoms with Gasteiger partial charge < -0.3 is 5.32 Å². The SMILES string of the molecule is CCCNCCS(=O)(=O)Nc1ccc(Br)cc1F. The van der Waals surface area contributed by atoms with E-state index in [4.69, 9.17) is 0 Å². The van der Waals surface area contributed by atoms with Gasteiger partial charge in [0, 0.05) is 11.0 Å². The Bertz CT molecular complexity index is 494. The second-order valence-corrected chi connectivity index (χ2v) is 6.55. The fourth-order valence-corrected chi connectivity index (χ4v) is 2.65. The molecule has 0 aliphatic rings. The van der Waals surface area contributed by atoms with Crippen LogP contribution < -0.4 is 10.0 Å². The van der Waals surface area contributed by atoms with E-state index in [0.717, 1.165) is 13.0 Å². The van der Waals surface area contributed by atoms with Crippen LogP contribution in [0.5, 0.6) is 0 Å². The van der Waals surface area contributed by atoms with E-state index in [1.165, 1.54) is 12.1 Å². The summed E-state index contributed by atoms with van der Waals surface area (Å²) >= 11 is 3.11. The minimum atomic E-state index is -3.52. The summed E-state index contributed by atoms with van der Waals surface area (Å²) in [5.74, 6) is -0.683. The molecular weight excluding hydrogens is 323 g/mol. The molecule has 2 N–H and O–H groups in total. The highest BCUT2D eigenvalue weighted by molar-refractivity contribution is 9.10. The zero-order chi connectivity index (χ0) is 13.6. The number of nitrogens with one attached hydrogen (secondary N) is 2. The van der Waals surface area contributed by atoms with Crippen molar-refractivity contribution in [3.05, 3.63) is 28.5 Å². The Balaban J connectivity index is 2.59. The van der Waals surface area contributed by atoms with Crippen molar-refractivity contribution in [1.29, 1.82) is 0 Å². The first kappa shape index (κ1) is 15.4. The summed E-state index contributed by atoms with van der Waals surface area (Å²) < 4.78 is 39.6. The Labute approximate surface area is 115 Å². The monoisotopic (exact) mass is 338 g/mol. The van der Waals surface area contributed by atoms with Crippen molar-refractivity contribution >= 4 is 31.6 Å². The van der Waals surface area contributed by atoms with Crippen LogP contribution in [0.1, 0.15) is 13.3 Å². The molecule has 0 spiro atoms. The first-order valence-corrected chi connectivity index (χ1v) is 8.05. The highest BCUT2D eigenvalue weighted by Gasteiger charge is 2.12. The molecule has 18 heavy (non-hydrogen) atoms. The zero-order valence-corrected chi connectivity index (χ0v) is 12.4. The molecule has 0 saturated heterocycles. The van der Waals surface area contributed by atoms with Crippen molar-refractivity contribution in [2.75, 3.05) is 23.6 Å². The molecule has 0 aromatic heterocycles. The predicted octanol–water partition coefficient (Wildman–Crippen LogP) is 2.33. The zero-order valence-electron chi connectivity index (χ0n) is 10.0. The third kappa shape index (κ3) is 5.32. The average molecular weight is 339 g/mol. The number of benzene rings is 1. The van der Waals surface area contributed by atoms with Crippen LogP contribution >= 0.6 is 15.9 Å². The highest BCUT2D eigenvalue weighted by Crippen LogP contribution is 2.20. The summed E-state index contributed by atoms with van der Waals surface area (Å²) in [6, 6.07) is 4.18. The second-order valence-electron chi connectivity index (χ2n) is 3.80. The van der Waals surface area contributed by atoms with Crippen LogP contribution in [0.4, 0.5) is 10.1 Å². The molecule has 0 aliphatic heterocycles. The van der Waals surface area contributed by atoms with Crippen LogP contribution in [0.2, 0.25) is 0 Å². The molecule has 0 bridgehead atoms. The lowest BCUT2D eigenvalue weighted by Gasteiger charge is -2.09. The second kappa shape index (κ2) is 7.06. The first-order valence-electron chi connectivity index (χ1n) is 5.61. The molecule has 1 aromatic carbocycles. The highest BCUT2D eigenvalue weighted by atomic mass is 79.9. The van der Waals surface area contributed by atoms with Crippen molar-refractivity contribution in [3.8, 4) is 0 Å². The van der Waals surface area contributed by atoms with E-state index in [2.05, 4.69) is 26.0 Å². The van der Waals surface area contributed by atoms with Crippen molar-refractivity contribution in [3.63, 3.8) is 0 Å². The number of hydrogen-bond donors (Lipinski definition) is 2. The van der Waals surface area contributed by atoms with Gasteiger partial charge in [-0.1, -0.05) is 22.9 Å². The minimum absolute atomic E-state index is 0.0336. The van der Waals surface area contributed by atoms with Crippen molar-refractivity contribution in [2.45, 2.75) is 13.3 Å². The molecule has 0 amide bonds. The molecule has 0 aliphatic carbocycles. The van der Waals surface area contributed by atoms with Crippen LogP contribution in [0.15, 0.2) is 22.7 Å². The van der Waals surface area contributed by atoms with Gasteiger partial charge in [-0.15, -0.1) is 0 Å². The van der Waals surface area contributed by atoms with Crippen molar-refractivity contribution in [2.24, 2.45) is 0 Å². The number of hydrogen-bond acceptors (Lipinski definition) is 3. The van der Waals surface area contributed by atoms with Gasteiger partial charge in [0.1, 0.15) is 5.82 Å². The maximum atomic E-state index is 13.5. The van der Waals surface area contributed by atoms with E-state index < -0.39 is 15.8 Å². The van der Waals surface area contributed by atoms with Gasteiger partial charge in [-0.05, 0) is 31.2 Å². The van der Waals surface area contributed by atoms with E-state index >= 15 is 0 Å². The van der Waals surface area contributed by atoms with Gasteiger partial charge in [0.2, 0.25) is 10.0 Å². The van der Waals surface area contributed by atoms with Gasteiger partial charge in [-0.25, -0.2) is 12.8 Å². The number of halogens is 2. The van der Waals surface area contributed by atoms with Crippen LogP contribution in [-0.4, -0.2) is 27.3 Å². The smallest absolute Gasteiger partial charge is 0.234 e.